The zero-order chi connectivity index (χ0) is 17.5. The Morgan fingerprint density at radius 1 is 1.32 bits per heavy atom. The lowest BCUT2D eigenvalue weighted by molar-refractivity contribution is -0.137. The lowest BCUT2D eigenvalue weighted by Gasteiger charge is -2.35. The smallest absolute Gasteiger partial charge is 0.260 e. The quantitative estimate of drug-likeness (QED) is 0.811. The first-order valence-corrected chi connectivity index (χ1v) is 8.62. The maximum atomic E-state index is 12.6. The summed E-state index contributed by atoms with van der Waals surface area (Å²) in [5.41, 5.74) is 0.941. The van der Waals surface area contributed by atoms with Crippen LogP contribution in [0.25, 0.3) is 0 Å². The average molecular weight is 338 g/mol. The molecule has 1 aromatic heterocycles. The molecule has 0 N–H and O–H groups in total. The molecule has 0 unspecified atom stereocenters. The maximum absolute atomic E-state index is 12.6. The van der Waals surface area contributed by atoms with Gasteiger partial charge < -0.3 is 9.64 Å². The van der Waals surface area contributed by atoms with Gasteiger partial charge in [0.2, 0.25) is 0 Å². The van der Waals surface area contributed by atoms with Gasteiger partial charge in [0.05, 0.1) is 25.1 Å². The van der Waals surface area contributed by atoms with Crippen molar-refractivity contribution in [1.82, 2.24) is 14.7 Å². The van der Waals surface area contributed by atoms with Crippen molar-refractivity contribution in [3.63, 3.8) is 0 Å². The van der Waals surface area contributed by atoms with Crippen LogP contribution < -0.4 is 4.74 Å². The molecule has 6 nitrogen and oxygen atoms in total. The van der Waals surface area contributed by atoms with Gasteiger partial charge in [0, 0.05) is 18.9 Å². The van der Waals surface area contributed by atoms with Crippen molar-refractivity contribution in [3.05, 3.63) is 48.3 Å². The molecule has 1 aromatic carbocycles. The van der Waals surface area contributed by atoms with E-state index in [1.165, 1.54) is 0 Å². The molecule has 1 aliphatic heterocycles. The summed E-state index contributed by atoms with van der Waals surface area (Å²) < 4.78 is 7.52. The van der Waals surface area contributed by atoms with Crippen LogP contribution in [-0.4, -0.2) is 39.8 Å². The summed E-state index contributed by atoms with van der Waals surface area (Å²) in [6.45, 7) is 1.53. The number of hydrogen-bond acceptors (Lipinski definition) is 4. The summed E-state index contributed by atoms with van der Waals surface area (Å²) in [6, 6.07) is 11.5. The van der Waals surface area contributed by atoms with Crippen molar-refractivity contribution in [1.29, 1.82) is 5.26 Å². The number of rotatable bonds is 6. The van der Waals surface area contributed by atoms with Crippen LogP contribution in [0.5, 0.6) is 5.75 Å². The van der Waals surface area contributed by atoms with Crippen LogP contribution in [0.2, 0.25) is 0 Å². The van der Waals surface area contributed by atoms with Crippen molar-refractivity contribution >= 4 is 5.91 Å². The largest absolute Gasteiger partial charge is 0.484 e. The molecular weight excluding hydrogens is 316 g/mol. The summed E-state index contributed by atoms with van der Waals surface area (Å²) in [5.74, 6) is 0.661. The number of nitriles is 1. The Labute approximate surface area is 147 Å². The average Bonchev–Trinajstić information content (AvgIpc) is 3.15. The molecule has 1 aliphatic rings. The third-order valence-corrected chi connectivity index (χ3v) is 4.47. The second-order valence-corrected chi connectivity index (χ2v) is 6.23. The Balaban J connectivity index is 1.56. The van der Waals surface area contributed by atoms with E-state index in [4.69, 9.17) is 10.00 Å². The molecule has 0 radical (unpaired) electrons. The summed E-state index contributed by atoms with van der Waals surface area (Å²) in [4.78, 5) is 14.5. The van der Waals surface area contributed by atoms with E-state index in [0.29, 0.717) is 12.2 Å². The second kappa shape index (κ2) is 8.34. The van der Waals surface area contributed by atoms with Crippen molar-refractivity contribution < 1.29 is 9.53 Å². The monoisotopic (exact) mass is 338 g/mol. The first-order valence-electron chi connectivity index (χ1n) is 8.62. The summed E-state index contributed by atoms with van der Waals surface area (Å²) in [5, 5.41) is 12.9. The lowest BCUT2D eigenvalue weighted by atomic mass is 10.0. The highest BCUT2D eigenvalue weighted by Crippen LogP contribution is 2.19. The van der Waals surface area contributed by atoms with E-state index in [-0.39, 0.29) is 18.6 Å². The van der Waals surface area contributed by atoms with Crippen LogP contribution in [0, 0.1) is 11.3 Å². The van der Waals surface area contributed by atoms with Crippen LogP contribution in [0.15, 0.2) is 42.7 Å². The minimum Gasteiger partial charge on any atom is -0.484 e. The molecule has 1 fully saturated rings. The van der Waals surface area contributed by atoms with E-state index in [0.717, 1.165) is 37.9 Å². The fraction of sp³-hybridized carbons (Fsp3) is 0.421. The van der Waals surface area contributed by atoms with E-state index in [1.807, 2.05) is 34.0 Å². The van der Waals surface area contributed by atoms with Crippen molar-refractivity contribution in [2.75, 3.05) is 13.2 Å². The van der Waals surface area contributed by atoms with Crippen LogP contribution >= 0.6 is 0 Å². The van der Waals surface area contributed by atoms with Crippen molar-refractivity contribution in [2.24, 2.45) is 0 Å². The number of nitrogens with zero attached hydrogens (tertiary/aromatic N) is 4. The zero-order valence-electron chi connectivity index (χ0n) is 14.2. The van der Waals surface area contributed by atoms with Gasteiger partial charge >= 0.3 is 0 Å². The van der Waals surface area contributed by atoms with Crippen LogP contribution in [-0.2, 0) is 17.8 Å². The number of carbonyl (C=O) groups is 1. The van der Waals surface area contributed by atoms with E-state index < -0.39 is 0 Å². The third kappa shape index (κ3) is 4.60. The summed E-state index contributed by atoms with van der Waals surface area (Å²) >= 11 is 0. The molecule has 1 atom stereocenters. The number of hydrogen-bond donors (Lipinski definition) is 0. The second-order valence-electron chi connectivity index (χ2n) is 6.23. The molecule has 3 rings (SSSR count). The number of aromatic nitrogens is 2. The molecule has 6 heteroatoms. The van der Waals surface area contributed by atoms with Gasteiger partial charge in [0.15, 0.2) is 6.61 Å². The third-order valence-electron chi connectivity index (χ3n) is 4.47. The van der Waals surface area contributed by atoms with Gasteiger partial charge in [0.25, 0.3) is 5.91 Å². The predicted molar refractivity (Wildman–Crippen MR) is 92.8 cm³/mol. The Morgan fingerprint density at radius 2 is 2.16 bits per heavy atom. The lowest BCUT2D eigenvalue weighted by Crippen LogP contribution is -2.47. The van der Waals surface area contributed by atoms with Crippen LogP contribution in [0.3, 0.4) is 0 Å². The Hall–Kier alpha value is -2.81. The first-order chi connectivity index (χ1) is 12.3. The van der Waals surface area contributed by atoms with Gasteiger partial charge in [-0.05, 0) is 43.0 Å². The summed E-state index contributed by atoms with van der Waals surface area (Å²) in [7, 11) is 0. The molecule has 2 aromatic rings. The zero-order valence-corrected chi connectivity index (χ0v) is 14.2. The Bertz CT molecular complexity index is 719. The summed E-state index contributed by atoms with van der Waals surface area (Å²) in [6.07, 6.45) is 7.22. The van der Waals surface area contributed by atoms with E-state index in [9.17, 15) is 4.79 Å². The van der Waals surface area contributed by atoms with Crippen molar-refractivity contribution in [2.45, 2.75) is 38.3 Å². The highest BCUT2D eigenvalue weighted by atomic mass is 16.5. The standard InChI is InChI=1S/C19H22N4O2/c20-10-9-16-5-7-18(8-6-16)25-15-19(24)23-13-2-1-4-17(23)14-22-12-3-11-21-22/h3,5-8,11-12,17H,1-2,4,9,13-15H2/t17-/m1/s1. The topological polar surface area (TPSA) is 71.2 Å². The highest BCUT2D eigenvalue weighted by molar-refractivity contribution is 5.78. The molecule has 1 saturated heterocycles. The maximum Gasteiger partial charge on any atom is 0.260 e. The van der Waals surface area contributed by atoms with Crippen LogP contribution in [0.4, 0.5) is 0 Å². The number of likely N-dealkylation sites (tertiary alicyclic amines) is 1. The molecule has 1 amide bonds. The van der Waals surface area contributed by atoms with Gasteiger partial charge in [-0.25, -0.2) is 0 Å². The molecule has 0 saturated carbocycles. The fourth-order valence-electron chi connectivity index (χ4n) is 3.17. The molecule has 0 spiro atoms. The van der Waals surface area contributed by atoms with Crippen molar-refractivity contribution in [3.8, 4) is 11.8 Å². The number of piperidine rings is 1. The molecule has 130 valence electrons. The minimum absolute atomic E-state index is 0.0120. The normalized spacial score (nSPS) is 17.1. The van der Waals surface area contributed by atoms with Gasteiger partial charge in [0.1, 0.15) is 5.75 Å². The van der Waals surface area contributed by atoms with E-state index in [2.05, 4.69) is 11.2 Å². The molecule has 25 heavy (non-hydrogen) atoms. The van der Waals surface area contributed by atoms with Gasteiger partial charge in [-0.15, -0.1) is 0 Å². The molecule has 0 bridgehead atoms. The highest BCUT2D eigenvalue weighted by Gasteiger charge is 2.27. The number of ether oxygens (including phenoxy) is 1. The van der Waals surface area contributed by atoms with Crippen LogP contribution in [0.1, 0.15) is 24.8 Å². The Kier molecular flexibility index (Phi) is 5.68. The van der Waals surface area contributed by atoms with E-state index in [1.54, 1.807) is 18.3 Å². The number of benzene rings is 1. The molecular formula is C19H22N4O2. The predicted octanol–water partition coefficient (Wildman–Crippen LogP) is 2.41. The van der Waals surface area contributed by atoms with E-state index >= 15 is 0 Å². The number of carbonyl (C=O) groups excluding carboxylic acids is 1. The fourth-order valence-corrected chi connectivity index (χ4v) is 3.17. The number of amides is 1. The van der Waals surface area contributed by atoms with Gasteiger partial charge in [-0.3, -0.25) is 9.48 Å². The SMILES string of the molecule is N#CCc1ccc(OCC(=O)N2CCCC[C@@H]2Cn2cccn2)cc1. The molecule has 0 aliphatic carbocycles. The molecule has 2 heterocycles. The first kappa shape index (κ1) is 17.0. The Morgan fingerprint density at radius 3 is 2.88 bits per heavy atom. The van der Waals surface area contributed by atoms with Gasteiger partial charge in [-0.2, -0.15) is 10.4 Å². The van der Waals surface area contributed by atoms with Gasteiger partial charge in [-0.1, -0.05) is 12.1 Å². The minimum atomic E-state index is 0.0120.